The first-order chi connectivity index (χ1) is 9.19. The van der Waals surface area contributed by atoms with Gasteiger partial charge in [-0.2, -0.15) is 0 Å². The molecule has 0 amide bonds. The molecule has 1 atom stereocenters. The number of rotatable bonds is 6. The van der Waals surface area contributed by atoms with Crippen LogP contribution in [0.5, 0.6) is 0 Å². The summed E-state index contributed by atoms with van der Waals surface area (Å²) in [5, 5.41) is 9.04. The second kappa shape index (κ2) is 6.63. The Balaban J connectivity index is 1.85. The van der Waals surface area contributed by atoms with Gasteiger partial charge < -0.3 is 10.1 Å². The van der Waals surface area contributed by atoms with Crippen molar-refractivity contribution in [3.8, 4) is 0 Å². The lowest BCUT2D eigenvalue weighted by Gasteiger charge is -2.08. The van der Waals surface area contributed by atoms with E-state index in [1.54, 1.807) is 11.3 Å². The predicted molar refractivity (Wildman–Crippen MR) is 76.9 cm³/mol. The molecule has 2 rings (SSSR count). The fourth-order valence-corrected chi connectivity index (χ4v) is 2.91. The van der Waals surface area contributed by atoms with Crippen molar-refractivity contribution in [3.63, 3.8) is 0 Å². The Morgan fingerprint density at radius 1 is 1.53 bits per heavy atom. The maximum absolute atomic E-state index is 11.1. The van der Waals surface area contributed by atoms with Crippen LogP contribution in [0.15, 0.2) is 17.0 Å². The number of thiazole rings is 2. The Morgan fingerprint density at radius 2 is 2.37 bits per heavy atom. The van der Waals surface area contributed by atoms with E-state index in [0.29, 0.717) is 5.92 Å². The van der Waals surface area contributed by atoms with E-state index in [1.807, 2.05) is 17.0 Å². The first-order valence-corrected chi connectivity index (χ1v) is 7.59. The van der Waals surface area contributed by atoms with Gasteiger partial charge in [-0.3, -0.25) is 4.79 Å². The lowest BCUT2D eigenvalue weighted by Crippen LogP contribution is -2.10. The van der Waals surface area contributed by atoms with Crippen molar-refractivity contribution < 1.29 is 9.53 Å². The summed E-state index contributed by atoms with van der Waals surface area (Å²) in [6, 6.07) is 0. The molecule has 0 saturated carbocycles. The summed E-state index contributed by atoms with van der Waals surface area (Å²) >= 11 is 3.15. The predicted octanol–water partition coefficient (Wildman–Crippen LogP) is 2.53. The second-order valence-corrected chi connectivity index (χ2v) is 5.83. The highest BCUT2D eigenvalue weighted by molar-refractivity contribution is 7.13. The van der Waals surface area contributed by atoms with Gasteiger partial charge in [0.05, 0.1) is 24.2 Å². The molecule has 0 spiro atoms. The van der Waals surface area contributed by atoms with Crippen molar-refractivity contribution in [3.05, 3.63) is 27.7 Å². The molecule has 0 aliphatic heterocycles. The summed E-state index contributed by atoms with van der Waals surface area (Å²) in [7, 11) is 1.38. The molecule has 2 aromatic heterocycles. The van der Waals surface area contributed by atoms with Crippen LogP contribution in [0.25, 0.3) is 0 Å². The smallest absolute Gasteiger partial charge is 0.311 e. The second-order valence-electron chi connectivity index (χ2n) is 4.05. The van der Waals surface area contributed by atoms with E-state index in [2.05, 4.69) is 26.9 Å². The topological polar surface area (TPSA) is 64.1 Å². The van der Waals surface area contributed by atoms with E-state index in [9.17, 15) is 4.79 Å². The number of nitrogens with zero attached hydrogens (tertiary/aromatic N) is 2. The SMILES string of the molecule is COC(=O)Cc1csc(NCC(C)c2nccs2)n1. The highest BCUT2D eigenvalue weighted by atomic mass is 32.1. The van der Waals surface area contributed by atoms with E-state index in [0.717, 1.165) is 22.4 Å². The summed E-state index contributed by atoms with van der Waals surface area (Å²) in [5.74, 6) is 0.0703. The number of aromatic nitrogens is 2. The Morgan fingerprint density at radius 3 is 3.05 bits per heavy atom. The van der Waals surface area contributed by atoms with Crippen LogP contribution in [0.2, 0.25) is 0 Å². The number of carbonyl (C=O) groups excluding carboxylic acids is 1. The maximum atomic E-state index is 11.1. The number of ether oxygens (including phenoxy) is 1. The molecule has 1 unspecified atom stereocenters. The van der Waals surface area contributed by atoms with Crippen molar-refractivity contribution in [2.24, 2.45) is 0 Å². The molecule has 0 aromatic carbocycles. The molecule has 0 saturated heterocycles. The third-order valence-electron chi connectivity index (χ3n) is 2.54. The van der Waals surface area contributed by atoms with Gasteiger partial charge in [-0.05, 0) is 0 Å². The maximum Gasteiger partial charge on any atom is 0.311 e. The van der Waals surface area contributed by atoms with Crippen LogP contribution in [0.3, 0.4) is 0 Å². The largest absolute Gasteiger partial charge is 0.469 e. The van der Waals surface area contributed by atoms with Crippen LogP contribution in [0.4, 0.5) is 5.13 Å². The highest BCUT2D eigenvalue weighted by Crippen LogP contribution is 2.20. The zero-order valence-corrected chi connectivity index (χ0v) is 12.4. The monoisotopic (exact) mass is 297 g/mol. The van der Waals surface area contributed by atoms with Gasteiger partial charge in [0.25, 0.3) is 0 Å². The number of hydrogen-bond acceptors (Lipinski definition) is 7. The van der Waals surface area contributed by atoms with Crippen LogP contribution in [0, 0.1) is 0 Å². The molecule has 2 heterocycles. The fourth-order valence-electron chi connectivity index (χ4n) is 1.49. The first-order valence-electron chi connectivity index (χ1n) is 5.83. The van der Waals surface area contributed by atoms with Gasteiger partial charge in [-0.1, -0.05) is 6.92 Å². The minimum atomic E-state index is -0.270. The lowest BCUT2D eigenvalue weighted by molar-refractivity contribution is -0.139. The molecule has 102 valence electrons. The van der Waals surface area contributed by atoms with Gasteiger partial charge >= 0.3 is 5.97 Å². The van der Waals surface area contributed by atoms with Crippen LogP contribution in [-0.2, 0) is 16.0 Å². The van der Waals surface area contributed by atoms with E-state index in [-0.39, 0.29) is 12.4 Å². The van der Waals surface area contributed by atoms with Crippen molar-refractivity contribution >= 4 is 33.8 Å². The molecular weight excluding hydrogens is 282 g/mol. The lowest BCUT2D eigenvalue weighted by atomic mass is 10.2. The van der Waals surface area contributed by atoms with Crippen LogP contribution in [-0.4, -0.2) is 29.6 Å². The number of nitrogens with one attached hydrogen (secondary N) is 1. The molecule has 0 fully saturated rings. The van der Waals surface area contributed by atoms with Crippen molar-refractivity contribution in [1.29, 1.82) is 0 Å². The molecule has 1 N–H and O–H groups in total. The van der Waals surface area contributed by atoms with Gasteiger partial charge in [0.1, 0.15) is 0 Å². The average molecular weight is 297 g/mol. The van der Waals surface area contributed by atoms with Gasteiger partial charge in [-0.15, -0.1) is 22.7 Å². The van der Waals surface area contributed by atoms with Gasteiger partial charge in [0.2, 0.25) is 0 Å². The molecule has 2 aromatic rings. The van der Waals surface area contributed by atoms with Crippen molar-refractivity contribution in [2.45, 2.75) is 19.3 Å². The van der Waals surface area contributed by atoms with Gasteiger partial charge in [-0.25, -0.2) is 9.97 Å². The number of carbonyl (C=O) groups is 1. The van der Waals surface area contributed by atoms with E-state index in [4.69, 9.17) is 0 Å². The standard InChI is InChI=1S/C12H15N3O2S2/c1-8(11-13-3-4-18-11)6-14-12-15-9(7-19-12)5-10(16)17-2/h3-4,7-8H,5-6H2,1-2H3,(H,14,15). The van der Waals surface area contributed by atoms with E-state index < -0.39 is 0 Å². The summed E-state index contributed by atoms with van der Waals surface area (Å²) in [6.07, 6.45) is 2.03. The van der Waals surface area contributed by atoms with Crippen LogP contribution >= 0.6 is 22.7 Å². The number of hydrogen-bond donors (Lipinski definition) is 1. The zero-order chi connectivity index (χ0) is 13.7. The summed E-state index contributed by atoms with van der Waals surface area (Å²) < 4.78 is 4.61. The summed E-state index contributed by atoms with van der Waals surface area (Å²) in [4.78, 5) is 19.8. The van der Waals surface area contributed by atoms with E-state index >= 15 is 0 Å². The van der Waals surface area contributed by atoms with Crippen molar-refractivity contribution in [1.82, 2.24) is 9.97 Å². The quantitative estimate of drug-likeness (QED) is 0.830. The van der Waals surface area contributed by atoms with Crippen LogP contribution in [0.1, 0.15) is 23.5 Å². The first kappa shape index (κ1) is 14.0. The van der Waals surface area contributed by atoms with Crippen LogP contribution < -0.4 is 5.32 Å². The Bertz CT molecular complexity index is 525. The zero-order valence-electron chi connectivity index (χ0n) is 10.8. The Kier molecular flexibility index (Phi) is 4.86. The highest BCUT2D eigenvalue weighted by Gasteiger charge is 2.10. The third kappa shape index (κ3) is 4.00. The summed E-state index contributed by atoms with van der Waals surface area (Å²) in [6.45, 7) is 2.90. The number of methoxy groups -OCH3 is 1. The molecular formula is C12H15N3O2S2. The minimum absolute atomic E-state index is 0.219. The number of anilines is 1. The fraction of sp³-hybridized carbons (Fsp3) is 0.417. The summed E-state index contributed by atoms with van der Waals surface area (Å²) in [5.41, 5.74) is 0.737. The number of esters is 1. The van der Waals surface area contributed by atoms with Crippen molar-refractivity contribution in [2.75, 3.05) is 19.0 Å². The Hall–Kier alpha value is -1.47. The Labute approximate surface area is 119 Å². The molecule has 0 aliphatic carbocycles. The molecule has 0 bridgehead atoms. The van der Waals surface area contributed by atoms with Gasteiger partial charge in [0, 0.05) is 29.4 Å². The molecule has 0 radical (unpaired) electrons. The molecule has 19 heavy (non-hydrogen) atoms. The van der Waals surface area contributed by atoms with Gasteiger partial charge in [0.15, 0.2) is 5.13 Å². The molecule has 5 nitrogen and oxygen atoms in total. The average Bonchev–Trinajstić information content (AvgIpc) is 3.07. The molecule has 0 aliphatic rings. The normalized spacial score (nSPS) is 12.1. The molecule has 7 heteroatoms. The third-order valence-corrected chi connectivity index (χ3v) is 4.39. The van der Waals surface area contributed by atoms with E-state index in [1.165, 1.54) is 18.4 Å². The minimum Gasteiger partial charge on any atom is -0.469 e.